The average Bonchev–Trinajstić information content (AvgIpc) is 3.30. The minimum Gasteiger partial charge on any atom is -0.383 e. The van der Waals surface area contributed by atoms with E-state index in [9.17, 15) is 34.7 Å². The van der Waals surface area contributed by atoms with Crippen LogP contribution >= 0.6 is 11.8 Å². The number of ether oxygens (including phenoxy) is 1. The normalized spacial score (nSPS) is 26.3. The molecule has 12 heteroatoms. The van der Waals surface area contributed by atoms with Crippen LogP contribution in [-0.2, 0) is 34.4 Å². The van der Waals surface area contributed by atoms with Crippen LogP contribution in [0.4, 0.5) is 22.0 Å². The SMILES string of the molecule is [2H]c1c(C)c([2H])c2c(c1[2H])c(=O)c([2H])c(SC([2H])([2H])c1cccc(F)c1F)n2C([2H])([2H])C(=O)N(C([2H])([2H])c1ccc(-c2ccc(C(F)(F)F)cc2)cc1)C1([2H])C([2H])([2H])C([2H])([2H])N(C([2H])([2H])C([2H])([2H])OC)C([2H])([2H])C1([2H])[2H]. The summed E-state index contributed by atoms with van der Waals surface area (Å²) in [4.78, 5) is 28.0. The lowest BCUT2D eigenvalue weighted by Crippen LogP contribution is -2.48. The highest BCUT2D eigenvalue weighted by Gasteiger charge is 2.31. The lowest BCUT2D eigenvalue weighted by Gasteiger charge is -2.39. The summed E-state index contributed by atoms with van der Waals surface area (Å²) in [5, 5.41) is -2.75. The van der Waals surface area contributed by atoms with Crippen molar-refractivity contribution in [1.82, 2.24) is 14.4 Å². The molecule has 0 bridgehead atoms. The highest BCUT2D eigenvalue weighted by atomic mass is 32.2. The van der Waals surface area contributed by atoms with Crippen molar-refractivity contribution in [1.29, 1.82) is 0 Å². The summed E-state index contributed by atoms with van der Waals surface area (Å²) in [6.07, 6.45) is -14.6. The molecule has 0 atom stereocenters. The molecule has 6 rings (SSSR count). The lowest BCUT2D eigenvalue weighted by atomic mass is 10.00. The van der Waals surface area contributed by atoms with Gasteiger partial charge in [0.1, 0.15) is 6.50 Å². The molecule has 0 N–H and O–H groups in total. The van der Waals surface area contributed by atoms with Crippen LogP contribution in [0.5, 0.6) is 0 Å². The topological polar surface area (TPSA) is 54.8 Å². The zero-order chi connectivity index (χ0) is 58.2. The first kappa shape index (κ1) is 18.7. The van der Waals surface area contributed by atoms with E-state index in [2.05, 4.69) is 4.74 Å². The second-order valence-corrected chi connectivity index (χ2v) is 11.5. The first-order chi connectivity index (χ1) is 34.2. The molecule has 1 aromatic heterocycles. The first-order valence-corrected chi connectivity index (χ1v) is 15.8. The van der Waals surface area contributed by atoms with Crippen molar-refractivity contribution in [3.8, 4) is 11.1 Å². The van der Waals surface area contributed by atoms with Gasteiger partial charge in [-0.1, -0.05) is 54.6 Å². The summed E-state index contributed by atoms with van der Waals surface area (Å²) in [5.74, 6) is -6.40. The van der Waals surface area contributed by atoms with Crippen molar-refractivity contribution in [2.75, 3.05) is 33.2 Å². The average molecular weight is 773 g/mol. The number of likely N-dealkylation sites (tertiary alicyclic amines) is 1. The number of carbonyl (C=O) groups is 1. The Balaban J connectivity index is 1.77. The molecule has 1 amide bonds. The molecule has 0 spiro atoms. The Hall–Kier alpha value is -4.52. The zero-order valence-electron chi connectivity index (χ0n) is 50.2. The van der Waals surface area contributed by atoms with Gasteiger partial charge < -0.3 is 19.1 Å². The van der Waals surface area contributed by atoms with Crippen LogP contribution in [0.1, 0.15) is 66.5 Å². The van der Waals surface area contributed by atoms with Gasteiger partial charge in [-0.05, 0) is 72.2 Å². The number of amides is 1. The van der Waals surface area contributed by atoms with Crippen molar-refractivity contribution < 1.29 is 63.0 Å². The van der Waals surface area contributed by atoms with Gasteiger partial charge in [0.05, 0.1) is 37.7 Å². The highest BCUT2D eigenvalue weighted by molar-refractivity contribution is 7.98. The fourth-order valence-corrected chi connectivity index (χ4v) is 5.34. The number of aromatic nitrogens is 1. The van der Waals surface area contributed by atoms with Gasteiger partial charge in [0.2, 0.25) is 5.91 Å². The predicted molar refractivity (Wildman–Crippen MR) is 198 cm³/mol. The van der Waals surface area contributed by atoms with E-state index in [1.165, 1.54) is 0 Å². The Bertz CT molecular complexity index is 3190. The van der Waals surface area contributed by atoms with Crippen LogP contribution in [0.3, 0.4) is 0 Å². The van der Waals surface area contributed by atoms with E-state index >= 15 is 9.18 Å². The Morgan fingerprint density at radius 3 is 2.38 bits per heavy atom. The van der Waals surface area contributed by atoms with E-state index in [0.717, 1.165) is 37.3 Å². The van der Waals surface area contributed by atoms with E-state index < -0.39 is 177 Å². The number of hydrogen-bond donors (Lipinski definition) is 0. The molecule has 1 fully saturated rings. The van der Waals surface area contributed by atoms with Crippen LogP contribution in [0.2, 0.25) is 0 Å². The third kappa shape index (κ3) is 9.17. The van der Waals surface area contributed by atoms with Gasteiger partial charge in [-0.25, -0.2) is 8.78 Å². The highest BCUT2D eigenvalue weighted by Crippen LogP contribution is 2.32. The molecule has 5 aromatic rings. The fraction of sp³-hybridized carbons (Fsp3) is 0.317. The number of benzene rings is 4. The predicted octanol–water partition coefficient (Wildman–Crippen LogP) is 8.71. The van der Waals surface area contributed by atoms with E-state index in [0.29, 0.717) is 43.5 Å². The third-order valence-electron chi connectivity index (χ3n) is 7.14. The van der Waals surface area contributed by atoms with Gasteiger partial charge in [-0.15, -0.1) is 11.8 Å². The molecule has 6 nitrogen and oxygen atoms in total. The van der Waals surface area contributed by atoms with E-state index in [1.54, 1.807) is 0 Å². The molecule has 53 heavy (non-hydrogen) atoms. The Labute approximate surface area is 341 Å². The molecule has 0 aliphatic carbocycles. The number of thioether (sulfide) groups is 1. The molecular weight excluding hydrogens is 710 g/mol. The largest absolute Gasteiger partial charge is 0.416 e. The summed E-state index contributed by atoms with van der Waals surface area (Å²) in [6, 6.07) is -1.34. The minimum absolute atomic E-state index is 0.0124. The van der Waals surface area contributed by atoms with Gasteiger partial charge >= 0.3 is 6.18 Å². The van der Waals surface area contributed by atoms with Crippen LogP contribution in [0, 0.1) is 18.6 Å². The Morgan fingerprint density at radius 2 is 1.72 bits per heavy atom. The zero-order valence-corrected chi connectivity index (χ0v) is 28.0. The second kappa shape index (κ2) is 16.7. The molecule has 1 saturated heterocycles. The summed E-state index contributed by atoms with van der Waals surface area (Å²) >= 11 is -0.536. The first-order valence-electron chi connectivity index (χ1n) is 26.5. The number of carbonyl (C=O) groups excluding carboxylic acids is 1. The molecule has 4 aromatic carbocycles. The van der Waals surface area contributed by atoms with Crippen LogP contribution in [-0.4, -0.2) is 59.5 Å². The monoisotopic (exact) mass is 772 g/mol. The van der Waals surface area contributed by atoms with E-state index in [4.69, 9.17) is 19.2 Å². The molecule has 278 valence electrons. The molecule has 1 aliphatic rings. The summed E-state index contributed by atoms with van der Waals surface area (Å²) in [6.45, 7) is -25.6. The fourth-order valence-electron chi connectivity index (χ4n) is 4.61. The number of methoxy groups -OCH3 is 1. The minimum atomic E-state index is -5.04. The smallest absolute Gasteiger partial charge is 0.383 e. The maximum atomic E-state index is 15.9. The molecule has 2 heterocycles. The maximum absolute atomic E-state index is 15.9. The van der Waals surface area contributed by atoms with Gasteiger partial charge in [0.15, 0.2) is 17.1 Å². The number of alkyl halides is 3. The summed E-state index contributed by atoms with van der Waals surface area (Å²) in [7, 11) is 0.499. The number of pyridine rings is 1. The van der Waals surface area contributed by atoms with Gasteiger partial charge in [0.25, 0.3) is 0 Å². The van der Waals surface area contributed by atoms with Gasteiger partial charge in [-0.3, -0.25) is 9.59 Å². The second-order valence-electron chi connectivity index (χ2n) is 10.7. The number of nitrogens with zero attached hydrogens (tertiary/aromatic N) is 3. The van der Waals surface area contributed by atoms with Crippen LogP contribution < -0.4 is 5.43 Å². The number of halogens is 5. The Morgan fingerprint density at radius 1 is 1.04 bits per heavy atom. The summed E-state index contributed by atoms with van der Waals surface area (Å²) < 4.78 is 282. The lowest BCUT2D eigenvalue weighted by molar-refractivity contribution is -0.137. The van der Waals surface area contributed by atoms with Gasteiger partial charge in [0, 0.05) is 78.3 Å². The van der Waals surface area contributed by atoms with Crippen molar-refractivity contribution in [3.05, 3.63) is 135 Å². The van der Waals surface area contributed by atoms with Crippen LogP contribution in [0.25, 0.3) is 22.0 Å². The van der Waals surface area contributed by atoms with Crippen molar-refractivity contribution in [2.45, 2.75) is 55.6 Å². The number of piperidine rings is 1. The quantitative estimate of drug-likeness (QED) is 0.0939. The van der Waals surface area contributed by atoms with Crippen molar-refractivity contribution >= 4 is 28.6 Å². The van der Waals surface area contributed by atoms with E-state index in [-0.39, 0.29) is 15.7 Å². The molecule has 0 unspecified atom stereocenters. The molecule has 0 saturated carbocycles. The number of hydrogen-bond acceptors (Lipinski definition) is 5. The Kier molecular flexibility index (Phi) is 5.87. The standard InChI is InChI=1S/C41H40F5N3O3S/c1-27-6-15-34-36(22-27)49(39(23-37(34)50)53-26-31-4-3-5-35(42)40(31)43)25-38(51)48(33-16-18-47(19-17-33)20-21-52-2)24-28-7-9-29(10-8-28)30-11-13-32(14-12-30)41(44,45)46/h3-15,22-23,33H,16-21,24-26H2,1-2H3/i6D,15D,16D2,17D2,18D2,19D2,20D2,21D2,22D,23D,24D2,25D2,26D2,33D. The number of rotatable bonds is 12. The van der Waals surface area contributed by atoms with Crippen molar-refractivity contribution in [3.63, 3.8) is 0 Å². The van der Waals surface area contributed by atoms with Gasteiger partial charge in [-0.2, -0.15) is 13.2 Å². The number of fused-ring (bicyclic) bond motifs is 1. The molecular formula is C41H40F5N3O3S. The molecule has 0 radical (unpaired) electrons. The van der Waals surface area contributed by atoms with Crippen LogP contribution in [0.15, 0.2) is 101 Å². The molecule has 1 aliphatic heterocycles. The summed E-state index contributed by atoms with van der Waals surface area (Å²) in [5.41, 5.74) is -10.5. The maximum Gasteiger partial charge on any atom is 0.416 e. The van der Waals surface area contributed by atoms with Crippen molar-refractivity contribution in [2.24, 2.45) is 0 Å². The van der Waals surface area contributed by atoms with E-state index in [1.807, 2.05) is 0 Å². The third-order valence-corrected chi connectivity index (χ3v) is 7.94.